The molecule has 1 rings (SSSR count). The molecule has 1 amide bonds. The number of esters is 1. The number of aldehydes is 1. The second kappa shape index (κ2) is 5.69. The van der Waals surface area contributed by atoms with Gasteiger partial charge < -0.3 is 19.3 Å². The minimum Gasteiger partial charge on any atom is -0.467 e. The Morgan fingerprint density at radius 1 is 1.62 bits per heavy atom. The number of hydrogen-bond donors (Lipinski definition) is 1. The number of nitrogens with one attached hydrogen (secondary N) is 1. The van der Waals surface area contributed by atoms with E-state index in [9.17, 15) is 14.4 Å². The zero-order valence-electron chi connectivity index (χ0n) is 8.64. The fourth-order valence-corrected chi connectivity index (χ4v) is 1.09. The van der Waals surface area contributed by atoms with E-state index >= 15 is 0 Å². The molecule has 0 bridgehead atoms. The normalized spacial score (nSPS) is 11.6. The highest BCUT2D eigenvalue weighted by Gasteiger charge is 2.22. The summed E-state index contributed by atoms with van der Waals surface area (Å²) in [4.78, 5) is 33.0. The van der Waals surface area contributed by atoms with Crippen molar-refractivity contribution >= 4 is 18.2 Å². The first-order chi connectivity index (χ1) is 7.69. The van der Waals surface area contributed by atoms with Gasteiger partial charge in [0.05, 0.1) is 13.4 Å². The number of furan rings is 1. The van der Waals surface area contributed by atoms with E-state index in [1.165, 1.54) is 19.4 Å². The number of methoxy groups -OCH3 is 1. The minimum absolute atomic E-state index is 0.0693. The molecular weight excluding hydrogens is 214 g/mol. The summed E-state index contributed by atoms with van der Waals surface area (Å²) in [7, 11) is 1.18. The molecule has 6 nitrogen and oxygen atoms in total. The summed E-state index contributed by atoms with van der Waals surface area (Å²) >= 11 is 0. The highest BCUT2D eigenvalue weighted by molar-refractivity contribution is 5.95. The van der Waals surface area contributed by atoms with Crippen molar-refractivity contribution in [1.82, 2.24) is 5.32 Å². The summed E-state index contributed by atoms with van der Waals surface area (Å²) in [6, 6.07) is 2.01. The molecule has 0 aliphatic heterocycles. The van der Waals surface area contributed by atoms with Crippen LogP contribution in [0.5, 0.6) is 0 Å². The first-order valence-corrected chi connectivity index (χ1v) is 4.55. The van der Waals surface area contributed by atoms with E-state index in [-0.39, 0.29) is 12.2 Å². The van der Waals surface area contributed by atoms with Gasteiger partial charge in [-0.1, -0.05) is 0 Å². The van der Waals surface area contributed by atoms with Crippen LogP contribution in [0.15, 0.2) is 22.8 Å². The van der Waals surface area contributed by atoms with Crippen LogP contribution in [-0.4, -0.2) is 31.3 Å². The lowest BCUT2D eigenvalue weighted by Crippen LogP contribution is -2.41. The number of hydrogen-bond acceptors (Lipinski definition) is 5. The first kappa shape index (κ1) is 12.0. The van der Waals surface area contributed by atoms with Gasteiger partial charge in [0.25, 0.3) is 5.91 Å². The lowest BCUT2D eigenvalue weighted by Gasteiger charge is -2.12. The number of rotatable bonds is 5. The fraction of sp³-hybridized carbons (Fsp3) is 0.300. The molecule has 16 heavy (non-hydrogen) atoms. The van der Waals surface area contributed by atoms with Gasteiger partial charge in [-0.15, -0.1) is 0 Å². The maximum Gasteiger partial charge on any atom is 0.328 e. The zero-order chi connectivity index (χ0) is 12.0. The van der Waals surface area contributed by atoms with Crippen molar-refractivity contribution < 1.29 is 23.5 Å². The SMILES string of the molecule is COC(=O)[C@H](CC=O)NC(=O)c1ccco1. The number of carbonyl (C=O) groups is 3. The molecule has 0 aliphatic carbocycles. The number of ether oxygens (including phenoxy) is 1. The lowest BCUT2D eigenvalue weighted by molar-refractivity contribution is -0.143. The smallest absolute Gasteiger partial charge is 0.328 e. The first-order valence-electron chi connectivity index (χ1n) is 4.55. The maximum absolute atomic E-state index is 11.5. The van der Waals surface area contributed by atoms with E-state index in [1.807, 2.05) is 0 Å². The summed E-state index contributed by atoms with van der Waals surface area (Å²) in [6.07, 6.45) is 1.73. The van der Waals surface area contributed by atoms with E-state index in [2.05, 4.69) is 10.1 Å². The summed E-state index contributed by atoms with van der Waals surface area (Å²) in [5, 5.41) is 2.33. The van der Waals surface area contributed by atoms with Gasteiger partial charge in [0, 0.05) is 6.42 Å². The topological polar surface area (TPSA) is 85.6 Å². The van der Waals surface area contributed by atoms with E-state index in [1.54, 1.807) is 6.07 Å². The van der Waals surface area contributed by atoms with Gasteiger partial charge in [-0.2, -0.15) is 0 Å². The molecule has 1 aromatic heterocycles. The molecule has 0 unspecified atom stereocenters. The molecule has 1 N–H and O–H groups in total. The van der Waals surface area contributed by atoms with E-state index in [4.69, 9.17) is 4.42 Å². The summed E-state index contributed by atoms with van der Waals surface area (Å²) in [5.41, 5.74) is 0. The quantitative estimate of drug-likeness (QED) is 0.569. The Morgan fingerprint density at radius 3 is 2.88 bits per heavy atom. The molecule has 0 aromatic carbocycles. The second-order valence-electron chi connectivity index (χ2n) is 2.93. The largest absolute Gasteiger partial charge is 0.467 e. The number of carbonyl (C=O) groups excluding carboxylic acids is 3. The van der Waals surface area contributed by atoms with Crippen molar-refractivity contribution in [2.45, 2.75) is 12.5 Å². The van der Waals surface area contributed by atoms with Gasteiger partial charge in [0.2, 0.25) is 0 Å². The third-order valence-electron chi connectivity index (χ3n) is 1.87. The van der Waals surface area contributed by atoms with Crippen molar-refractivity contribution in [3.63, 3.8) is 0 Å². The van der Waals surface area contributed by atoms with Crippen LogP contribution in [0.4, 0.5) is 0 Å². The Hall–Kier alpha value is -2.11. The van der Waals surface area contributed by atoms with Crippen LogP contribution in [-0.2, 0) is 14.3 Å². The van der Waals surface area contributed by atoms with E-state index < -0.39 is 17.9 Å². The van der Waals surface area contributed by atoms with E-state index in [0.717, 1.165) is 0 Å². The highest BCUT2D eigenvalue weighted by Crippen LogP contribution is 2.01. The van der Waals surface area contributed by atoms with Gasteiger partial charge in [0.1, 0.15) is 12.3 Å². The van der Waals surface area contributed by atoms with Gasteiger partial charge in [-0.05, 0) is 12.1 Å². The third kappa shape index (κ3) is 2.94. The number of amides is 1. The molecule has 0 saturated heterocycles. The van der Waals surface area contributed by atoms with Crippen LogP contribution in [0.2, 0.25) is 0 Å². The van der Waals surface area contributed by atoms with Crippen molar-refractivity contribution in [2.24, 2.45) is 0 Å². The summed E-state index contributed by atoms with van der Waals surface area (Å²) in [6.45, 7) is 0. The monoisotopic (exact) mass is 225 g/mol. The van der Waals surface area contributed by atoms with Crippen LogP contribution >= 0.6 is 0 Å². The van der Waals surface area contributed by atoms with Gasteiger partial charge in [-0.3, -0.25) is 4.79 Å². The third-order valence-corrected chi connectivity index (χ3v) is 1.87. The Bertz CT molecular complexity index is 371. The van der Waals surface area contributed by atoms with Crippen LogP contribution in [0.3, 0.4) is 0 Å². The predicted octanol–water partition coefficient (Wildman–Crippen LogP) is 0.140. The van der Waals surface area contributed by atoms with E-state index in [0.29, 0.717) is 6.29 Å². The molecule has 0 aliphatic rings. The van der Waals surface area contributed by atoms with Crippen LogP contribution < -0.4 is 5.32 Å². The Morgan fingerprint density at radius 2 is 2.38 bits per heavy atom. The maximum atomic E-state index is 11.5. The van der Waals surface area contributed by atoms with Crippen molar-refractivity contribution in [1.29, 1.82) is 0 Å². The zero-order valence-corrected chi connectivity index (χ0v) is 8.64. The van der Waals surface area contributed by atoms with Crippen LogP contribution in [0, 0.1) is 0 Å². The molecule has 6 heteroatoms. The molecule has 86 valence electrons. The Kier molecular flexibility index (Phi) is 4.26. The van der Waals surface area contributed by atoms with Crippen LogP contribution in [0.1, 0.15) is 17.0 Å². The molecule has 0 saturated carbocycles. The molecular formula is C10H11NO5. The van der Waals surface area contributed by atoms with Crippen molar-refractivity contribution in [2.75, 3.05) is 7.11 Å². The van der Waals surface area contributed by atoms with Crippen molar-refractivity contribution in [3.8, 4) is 0 Å². The molecule has 0 spiro atoms. The van der Waals surface area contributed by atoms with Gasteiger partial charge in [0.15, 0.2) is 5.76 Å². The summed E-state index contributed by atoms with van der Waals surface area (Å²) < 4.78 is 9.28. The Balaban J connectivity index is 2.65. The van der Waals surface area contributed by atoms with Gasteiger partial charge in [-0.25, -0.2) is 4.79 Å². The molecule has 0 radical (unpaired) electrons. The standard InChI is InChI=1S/C10H11NO5/c1-15-10(14)7(4-5-12)11-9(13)8-3-2-6-16-8/h2-3,5-7H,4H2,1H3,(H,11,13)/t7-/m0/s1. The molecule has 1 heterocycles. The average Bonchev–Trinajstić information content (AvgIpc) is 2.80. The lowest BCUT2D eigenvalue weighted by atomic mass is 10.2. The van der Waals surface area contributed by atoms with Crippen LogP contribution in [0.25, 0.3) is 0 Å². The fourth-order valence-electron chi connectivity index (χ4n) is 1.09. The molecule has 1 aromatic rings. The molecule has 1 atom stereocenters. The summed E-state index contributed by atoms with van der Waals surface area (Å²) in [5.74, 6) is -1.17. The Labute approximate surface area is 91.6 Å². The van der Waals surface area contributed by atoms with Gasteiger partial charge >= 0.3 is 5.97 Å². The highest BCUT2D eigenvalue weighted by atomic mass is 16.5. The average molecular weight is 225 g/mol. The second-order valence-corrected chi connectivity index (χ2v) is 2.93. The van der Waals surface area contributed by atoms with Crippen molar-refractivity contribution in [3.05, 3.63) is 24.2 Å². The minimum atomic E-state index is -0.986. The molecule has 0 fully saturated rings. The predicted molar refractivity (Wildman–Crippen MR) is 52.7 cm³/mol.